The highest BCUT2D eigenvalue weighted by Crippen LogP contribution is 2.26. The van der Waals surface area contributed by atoms with E-state index in [0.29, 0.717) is 6.42 Å². The van der Waals surface area contributed by atoms with Crippen LogP contribution >= 0.6 is 0 Å². The fourth-order valence-electron chi connectivity index (χ4n) is 2.90. The number of nitrogens with zero attached hydrogens (tertiary/aromatic N) is 2. The minimum Gasteiger partial charge on any atom is -0.481 e. The van der Waals surface area contributed by atoms with Crippen molar-refractivity contribution in [3.05, 3.63) is 90.0 Å². The SMILES string of the molecule is O=C(O)CCCc1ccc(C(c2ccccc2)n2ccnc2)cc1. The third-order valence-corrected chi connectivity index (χ3v) is 4.09. The summed E-state index contributed by atoms with van der Waals surface area (Å²) in [5.74, 6) is -0.740. The van der Waals surface area contributed by atoms with Crippen LogP contribution in [0.2, 0.25) is 0 Å². The topological polar surface area (TPSA) is 55.1 Å². The van der Waals surface area contributed by atoms with Crippen molar-refractivity contribution < 1.29 is 9.90 Å². The zero-order chi connectivity index (χ0) is 16.8. The summed E-state index contributed by atoms with van der Waals surface area (Å²) < 4.78 is 2.09. The molecule has 0 fully saturated rings. The Morgan fingerprint density at radius 3 is 2.38 bits per heavy atom. The maximum Gasteiger partial charge on any atom is 0.303 e. The average Bonchev–Trinajstić information content (AvgIpc) is 3.11. The molecule has 0 aliphatic carbocycles. The molecule has 0 aliphatic rings. The van der Waals surface area contributed by atoms with Gasteiger partial charge in [0.15, 0.2) is 0 Å². The Kier molecular flexibility index (Phi) is 5.06. The van der Waals surface area contributed by atoms with E-state index in [9.17, 15) is 4.79 Å². The highest BCUT2D eigenvalue weighted by Gasteiger charge is 2.15. The fraction of sp³-hybridized carbons (Fsp3) is 0.200. The summed E-state index contributed by atoms with van der Waals surface area (Å²) in [4.78, 5) is 14.8. The lowest BCUT2D eigenvalue weighted by molar-refractivity contribution is -0.137. The molecule has 0 spiro atoms. The van der Waals surface area contributed by atoms with E-state index in [1.165, 1.54) is 11.1 Å². The Balaban J connectivity index is 1.82. The van der Waals surface area contributed by atoms with Crippen LogP contribution in [0, 0.1) is 0 Å². The van der Waals surface area contributed by atoms with E-state index in [1.807, 2.05) is 30.7 Å². The lowest BCUT2D eigenvalue weighted by Gasteiger charge is -2.20. The Hall–Kier alpha value is -2.88. The number of carboxylic acid groups (broad SMARTS) is 1. The Labute approximate surface area is 141 Å². The molecule has 4 heteroatoms. The lowest BCUT2D eigenvalue weighted by Crippen LogP contribution is -2.10. The Morgan fingerprint density at radius 2 is 1.75 bits per heavy atom. The fourth-order valence-corrected chi connectivity index (χ4v) is 2.90. The minimum absolute atomic E-state index is 0.0850. The highest BCUT2D eigenvalue weighted by molar-refractivity contribution is 5.66. The molecule has 1 aromatic heterocycles. The van der Waals surface area contributed by atoms with Crippen molar-refractivity contribution in [3.8, 4) is 0 Å². The monoisotopic (exact) mass is 320 g/mol. The molecule has 0 bridgehead atoms. The van der Waals surface area contributed by atoms with E-state index < -0.39 is 5.97 Å². The third-order valence-electron chi connectivity index (χ3n) is 4.09. The van der Waals surface area contributed by atoms with Gasteiger partial charge in [0.05, 0.1) is 12.4 Å². The van der Waals surface area contributed by atoms with Crippen molar-refractivity contribution >= 4 is 5.97 Å². The van der Waals surface area contributed by atoms with Gasteiger partial charge in [-0.1, -0.05) is 54.6 Å². The molecule has 1 heterocycles. The van der Waals surface area contributed by atoms with Gasteiger partial charge in [0.25, 0.3) is 0 Å². The molecular formula is C20H20N2O2. The molecule has 0 radical (unpaired) electrons. The lowest BCUT2D eigenvalue weighted by atomic mass is 9.96. The maximum absolute atomic E-state index is 10.6. The molecule has 1 atom stereocenters. The van der Waals surface area contributed by atoms with Crippen molar-refractivity contribution in [3.63, 3.8) is 0 Å². The van der Waals surface area contributed by atoms with Crippen LogP contribution in [0.4, 0.5) is 0 Å². The predicted octanol–water partition coefficient (Wildman–Crippen LogP) is 3.93. The minimum atomic E-state index is -0.740. The van der Waals surface area contributed by atoms with E-state index in [2.05, 4.69) is 45.9 Å². The number of carboxylic acids is 1. The summed E-state index contributed by atoms with van der Waals surface area (Å²) in [6.45, 7) is 0. The highest BCUT2D eigenvalue weighted by atomic mass is 16.4. The second-order valence-electron chi connectivity index (χ2n) is 5.81. The van der Waals surface area contributed by atoms with Crippen LogP contribution in [-0.4, -0.2) is 20.6 Å². The van der Waals surface area contributed by atoms with Gasteiger partial charge in [-0.05, 0) is 29.5 Å². The summed E-state index contributed by atoms with van der Waals surface area (Å²) in [5, 5.41) is 8.73. The molecule has 0 saturated carbocycles. The van der Waals surface area contributed by atoms with Gasteiger partial charge in [0.2, 0.25) is 0 Å². The first-order valence-electron chi connectivity index (χ1n) is 8.07. The van der Waals surface area contributed by atoms with Crippen molar-refractivity contribution in [1.29, 1.82) is 0 Å². The first-order chi connectivity index (χ1) is 11.7. The molecule has 4 nitrogen and oxygen atoms in total. The molecule has 1 N–H and O–H groups in total. The smallest absolute Gasteiger partial charge is 0.303 e. The van der Waals surface area contributed by atoms with Crippen LogP contribution < -0.4 is 0 Å². The quantitative estimate of drug-likeness (QED) is 0.717. The van der Waals surface area contributed by atoms with Gasteiger partial charge in [-0.25, -0.2) is 4.98 Å². The predicted molar refractivity (Wildman–Crippen MR) is 92.9 cm³/mol. The van der Waals surface area contributed by atoms with E-state index in [4.69, 9.17) is 5.11 Å². The van der Waals surface area contributed by atoms with Crippen molar-refractivity contribution in [1.82, 2.24) is 9.55 Å². The summed E-state index contributed by atoms with van der Waals surface area (Å²) >= 11 is 0. The zero-order valence-corrected chi connectivity index (χ0v) is 13.4. The second-order valence-corrected chi connectivity index (χ2v) is 5.81. The first kappa shape index (κ1) is 16.0. The summed E-state index contributed by atoms with van der Waals surface area (Å²) in [5.41, 5.74) is 3.55. The number of imidazole rings is 1. The number of carbonyl (C=O) groups is 1. The Bertz CT molecular complexity index is 765. The molecule has 2 aromatic carbocycles. The molecule has 122 valence electrons. The van der Waals surface area contributed by atoms with Crippen LogP contribution in [0.3, 0.4) is 0 Å². The maximum atomic E-state index is 10.6. The van der Waals surface area contributed by atoms with Crippen molar-refractivity contribution in [2.45, 2.75) is 25.3 Å². The normalized spacial score (nSPS) is 12.0. The number of rotatable bonds is 7. The van der Waals surface area contributed by atoms with E-state index in [0.717, 1.165) is 12.0 Å². The molecule has 3 aromatic rings. The zero-order valence-electron chi connectivity index (χ0n) is 13.4. The number of benzene rings is 2. The molecule has 24 heavy (non-hydrogen) atoms. The third kappa shape index (κ3) is 3.90. The number of hydrogen-bond donors (Lipinski definition) is 1. The molecular weight excluding hydrogens is 300 g/mol. The van der Waals surface area contributed by atoms with Gasteiger partial charge < -0.3 is 9.67 Å². The van der Waals surface area contributed by atoms with Gasteiger partial charge in [-0.15, -0.1) is 0 Å². The van der Waals surface area contributed by atoms with Gasteiger partial charge in [-0.2, -0.15) is 0 Å². The molecule has 0 amide bonds. The average molecular weight is 320 g/mol. The molecule has 1 unspecified atom stereocenters. The second kappa shape index (κ2) is 7.59. The summed E-state index contributed by atoms with van der Waals surface area (Å²) in [6.07, 6.45) is 7.25. The molecule has 3 rings (SSSR count). The number of aryl methyl sites for hydroxylation is 1. The van der Waals surface area contributed by atoms with Crippen LogP contribution in [-0.2, 0) is 11.2 Å². The van der Waals surface area contributed by atoms with Crippen LogP contribution in [0.1, 0.15) is 35.6 Å². The standard InChI is InChI=1S/C20H20N2O2/c23-19(24)8-4-5-16-9-11-18(12-10-16)20(22-14-13-21-15-22)17-6-2-1-3-7-17/h1-3,6-7,9-15,20H,4-5,8H2,(H,23,24). The molecule has 0 aliphatic heterocycles. The van der Waals surface area contributed by atoms with Crippen molar-refractivity contribution in [2.24, 2.45) is 0 Å². The van der Waals surface area contributed by atoms with E-state index >= 15 is 0 Å². The Morgan fingerprint density at radius 1 is 1.04 bits per heavy atom. The number of aromatic nitrogens is 2. The van der Waals surface area contributed by atoms with Gasteiger partial charge in [-0.3, -0.25) is 4.79 Å². The van der Waals surface area contributed by atoms with Crippen LogP contribution in [0.15, 0.2) is 73.3 Å². The molecule has 0 saturated heterocycles. The van der Waals surface area contributed by atoms with E-state index in [-0.39, 0.29) is 12.5 Å². The summed E-state index contributed by atoms with van der Waals surface area (Å²) in [7, 11) is 0. The van der Waals surface area contributed by atoms with Gasteiger partial charge >= 0.3 is 5.97 Å². The van der Waals surface area contributed by atoms with Crippen LogP contribution in [0.5, 0.6) is 0 Å². The van der Waals surface area contributed by atoms with Crippen molar-refractivity contribution in [2.75, 3.05) is 0 Å². The number of aliphatic carboxylic acids is 1. The van der Waals surface area contributed by atoms with Gasteiger partial charge in [0, 0.05) is 18.8 Å². The first-order valence-corrected chi connectivity index (χ1v) is 8.07. The summed E-state index contributed by atoms with van der Waals surface area (Å²) in [6, 6.07) is 18.8. The largest absolute Gasteiger partial charge is 0.481 e. The van der Waals surface area contributed by atoms with Crippen LogP contribution in [0.25, 0.3) is 0 Å². The van der Waals surface area contributed by atoms with Gasteiger partial charge in [0.1, 0.15) is 0 Å². The number of hydrogen-bond acceptors (Lipinski definition) is 2. The van der Waals surface area contributed by atoms with E-state index in [1.54, 1.807) is 6.20 Å².